The van der Waals surface area contributed by atoms with E-state index in [2.05, 4.69) is 6.07 Å². The molecule has 0 atom stereocenters. The van der Waals surface area contributed by atoms with Gasteiger partial charge in [0.2, 0.25) is 0 Å². The molecule has 0 N–H and O–H groups in total. The van der Waals surface area contributed by atoms with Gasteiger partial charge in [-0.3, -0.25) is 4.79 Å². The minimum Gasteiger partial charge on any atom is -0.339 e. The Morgan fingerprint density at radius 3 is 2.26 bits per heavy atom. The average Bonchev–Trinajstić information content (AvgIpc) is 2.47. The van der Waals surface area contributed by atoms with Crippen molar-refractivity contribution in [3.8, 4) is 12.1 Å². The number of hydrogen-bond acceptors (Lipinski definition) is 3. The Morgan fingerprint density at radius 1 is 1.21 bits per heavy atom. The van der Waals surface area contributed by atoms with Gasteiger partial charge in [0, 0.05) is 18.7 Å². The predicted molar refractivity (Wildman–Crippen MR) is 70.0 cm³/mol. The molecule has 0 radical (unpaired) electrons. The number of carbonyl (C=O) groups excluding carboxylic acids is 1. The number of benzene rings is 1. The Hall–Kier alpha value is -2.33. The second-order valence-corrected chi connectivity index (χ2v) is 5.15. The topological polar surface area (TPSA) is 67.9 Å². The highest BCUT2D eigenvalue weighted by molar-refractivity contribution is 5.94. The molecule has 1 aromatic carbocycles. The number of carbonyl (C=O) groups is 1. The number of amides is 1. The summed E-state index contributed by atoms with van der Waals surface area (Å²) in [6, 6.07) is 11.0. The molecule has 19 heavy (non-hydrogen) atoms. The van der Waals surface area contributed by atoms with Crippen LogP contribution >= 0.6 is 0 Å². The molecule has 96 valence electrons. The fourth-order valence-electron chi connectivity index (χ4n) is 2.19. The third-order valence-corrected chi connectivity index (χ3v) is 3.69. The van der Waals surface area contributed by atoms with E-state index in [4.69, 9.17) is 10.5 Å². The van der Waals surface area contributed by atoms with Crippen LogP contribution in [0, 0.1) is 28.1 Å². The molecule has 4 heteroatoms. The summed E-state index contributed by atoms with van der Waals surface area (Å²) < 4.78 is 0. The van der Waals surface area contributed by atoms with Crippen molar-refractivity contribution >= 4 is 5.91 Å². The van der Waals surface area contributed by atoms with Gasteiger partial charge in [0.05, 0.1) is 23.1 Å². The van der Waals surface area contributed by atoms with Gasteiger partial charge in [0.1, 0.15) is 0 Å². The molecule has 0 unspecified atom stereocenters. The number of likely N-dealkylation sites (tertiary alicyclic amines) is 1. The summed E-state index contributed by atoms with van der Waals surface area (Å²) in [5.41, 5.74) is 0.841. The molecule has 0 saturated carbocycles. The van der Waals surface area contributed by atoms with Gasteiger partial charge in [0.15, 0.2) is 0 Å². The first-order chi connectivity index (χ1) is 9.08. The van der Waals surface area contributed by atoms with E-state index in [0.717, 1.165) is 0 Å². The van der Waals surface area contributed by atoms with Crippen LogP contribution in [0.15, 0.2) is 24.3 Å². The van der Waals surface area contributed by atoms with Crippen LogP contribution in [0.3, 0.4) is 0 Å². The lowest BCUT2D eigenvalue weighted by molar-refractivity contribution is 0.0661. The van der Waals surface area contributed by atoms with Gasteiger partial charge >= 0.3 is 0 Å². The maximum absolute atomic E-state index is 12.3. The summed E-state index contributed by atoms with van der Waals surface area (Å²) in [5, 5.41) is 17.8. The molecule has 1 heterocycles. The van der Waals surface area contributed by atoms with E-state index in [9.17, 15) is 4.79 Å². The smallest absolute Gasteiger partial charge is 0.253 e. The predicted octanol–water partition coefficient (Wildman–Crippen LogP) is 2.32. The summed E-state index contributed by atoms with van der Waals surface area (Å²) in [6.45, 7) is 3.17. The van der Waals surface area contributed by atoms with Crippen LogP contribution in [0.5, 0.6) is 0 Å². The van der Waals surface area contributed by atoms with Crippen LogP contribution in [0.25, 0.3) is 0 Å². The van der Waals surface area contributed by atoms with Crippen LogP contribution in [-0.4, -0.2) is 23.9 Å². The van der Waals surface area contributed by atoms with Crippen molar-refractivity contribution in [3.05, 3.63) is 35.4 Å². The summed E-state index contributed by atoms with van der Waals surface area (Å²) in [4.78, 5) is 14.0. The summed E-state index contributed by atoms with van der Waals surface area (Å²) >= 11 is 0. The largest absolute Gasteiger partial charge is 0.339 e. The highest BCUT2D eigenvalue weighted by Gasteiger charge is 2.31. The standard InChI is InChI=1S/C15H15N3O/c1-15(11-17)6-8-18(9-7-15)14(19)13-4-2-12(10-16)3-5-13/h2-5H,6-9H2,1H3. The minimum absolute atomic E-state index is 0.0236. The third-order valence-electron chi connectivity index (χ3n) is 3.69. The highest BCUT2D eigenvalue weighted by atomic mass is 16.2. The first-order valence-corrected chi connectivity index (χ1v) is 6.29. The Labute approximate surface area is 112 Å². The van der Waals surface area contributed by atoms with E-state index >= 15 is 0 Å². The quantitative estimate of drug-likeness (QED) is 0.771. The average molecular weight is 253 g/mol. The molecule has 1 fully saturated rings. The molecule has 0 aliphatic carbocycles. The van der Waals surface area contributed by atoms with Crippen LogP contribution in [-0.2, 0) is 0 Å². The first-order valence-electron chi connectivity index (χ1n) is 6.29. The molecule has 2 rings (SSSR count). The molecular weight excluding hydrogens is 238 g/mol. The lowest BCUT2D eigenvalue weighted by atomic mass is 9.82. The zero-order chi connectivity index (χ0) is 13.9. The van der Waals surface area contributed by atoms with E-state index in [0.29, 0.717) is 37.1 Å². The molecule has 1 aromatic rings. The van der Waals surface area contributed by atoms with Crippen molar-refractivity contribution in [2.75, 3.05) is 13.1 Å². The molecule has 0 bridgehead atoms. The number of rotatable bonds is 1. The van der Waals surface area contributed by atoms with Crippen molar-refractivity contribution < 1.29 is 4.79 Å². The van der Waals surface area contributed by atoms with E-state index < -0.39 is 0 Å². The van der Waals surface area contributed by atoms with Gasteiger partial charge in [-0.1, -0.05) is 0 Å². The fraction of sp³-hybridized carbons (Fsp3) is 0.400. The van der Waals surface area contributed by atoms with Crippen molar-refractivity contribution in [2.45, 2.75) is 19.8 Å². The molecule has 4 nitrogen and oxygen atoms in total. The second-order valence-electron chi connectivity index (χ2n) is 5.15. The van der Waals surface area contributed by atoms with Gasteiger partial charge in [-0.05, 0) is 44.0 Å². The second kappa shape index (κ2) is 5.12. The van der Waals surface area contributed by atoms with Crippen molar-refractivity contribution in [1.29, 1.82) is 10.5 Å². The van der Waals surface area contributed by atoms with Gasteiger partial charge in [-0.25, -0.2) is 0 Å². The van der Waals surface area contributed by atoms with E-state index in [1.165, 1.54) is 0 Å². The normalized spacial score (nSPS) is 17.3. The van der Waals surface area contributed by atoms with Gasteiger partial charge < -0.3 is 4.90 Å². The molecule has 1 aliphatic heterocycles. The molecule has 0 spiro atoms. The first kappa shape index (κ1) is 13.1. The van der Waals surface area contributed by atoms with E-state index in [-0.39, 0.29) is 11.3 Å². The Morgan fingerprint density at radius 2 is 1.79 bits per heavy atom. The summed E-state index contributed by atoms with van der Waals surface area (Å²) in [5.74, 6) is -0.0236. The number of piperidine rings is 1. The fourth-order valence-corrected chi connectivity index (χ4v) is 2.19. The molecule has 1 amide bonds. The zero-order valence-corrected chi connectivity index (χ0v) is 10.9. The van der Waals surface area contributed by atoms with E-state index in [1.807, 2.05) is 13.0 Å². The molecule has 1 aliphatic rings. The van der Waals surface area contributed by atoms with Crippen molar-refractivity contribution in [3.63, 3.8) is 0 Å². The maximum Gasteiger partial charge on any atom is 0.253 e. The monoisotopic (exact) mass is 253 g/mol. The van der Waals surface area contributed by atoms with Crippen molar-refractivity contribution in [2.24, 2.45) is 5.41 Å². The Kier molecular flexibility index (Phi) is 3.53. The molecular formula is C15H15N3O. The SMILES string of the molecule is CC1(C#N)CCN(C(=O)c2ccc(C#N)cc2)CC1. The maximum atomic E-state index is 12.3. The van der Waals surface area contributed by atoms with Crippen LogP contribution in [0.1, 0.15) is 35.7 Å². The molecule has 0 aromatic heterocycles. The molecule has 1 saturated heterocycles. The Bertz CT molecular complexity index is 555. The zero-order valence-electron chi connectivity index (χ0n) is 10.9. The lowest BCUT2D eigenvalue weighted by Gasteiger charge is -2.34. The summed E-state index contributed by atoms with van der Waals surface area (Å²) in [6.07, 6.45) is 1.43. The number of nitriles is 2. The van der Waals surface area contributed by atoms with Crippen LogP contribution in [0.4, 0.5) is 0 Å². The highest BCUT2D eigenvalue weighted by Crippen LogP contribution is 2.30. The minimum atomic E-state index is -0.304. The number of nitrogens with zero attached hydrogens (tertiary/aromatic N) is 3. The van der Waals surface area contributed by atoms with Crippen LogP contribution in [0.2, 0.25) is 0 Å². The van der Waals surface area contributed by atoms with E-state index in [1.54, 1.807) is 29.2 Å². The Balaban J connectivity index is 2.06. The number of hydrogen-bond donors (Lipinski definition) is 0. The van der Waals surface area contributed by atoms with Gasteiger partial charge in [0.25, 0.3) is 5.91 Å². The van der Waals surface area contributed by atoms with Gasteiger partial charge in [-0.15, -0.1) is 0 Å². The van der Waals surface area contributed by atoms with Crippen LogP contribution < -0.4 is 0 Å². The third kappa shape index (κ3) is 2.74. The lowest BCUT2D eigenvalue weighted by Crippen LogP contribution is -2.41. The summed E-state index contributed by atoms with van der Waals surface area (Å²) in [7, 11) is 0. The van der Waals surface area contributed by atoms with Gasteiger partial charge in [-0.2, -0.15) is 10.5 Å². The van der Waals surface area contributed by atoms with Crippen molar-refractivity contribution in [1.82, 2.24) is 4.90 Å².